The van der Waals surface area contributed by atoms with Gasteiger partial charge in [-0.25, -0.2) is 9.97 Å². The van der Waals surface area contributed by atoms with Crippen LogP contribution in [0.3, 0.4) is 0 Å². The molecule has 1 amide bonds. The van der Waals surface area contributed by atoms with E-state index < -0.39 is 0 Å². The molecule has 21 heavy (non-hydrogen) atoms. The number of nitrogens with one attached hydrogen (secondary N) is 3. The second-order valence-corrected chi connectivity index (χ2v) is 4.55. The van der Waals surface area contributed by atoms with Gasteiger partial charge in [-0.05, 0) is 25.5 Å². The Hall–Kier alpha value is -2.44. The van der Waals surface area contributed by atoms with Crippen molar-refractivity contribution >= 4 is 11.7 Å². The molecule has 0 radical (unpaired) electrons. The van der Waals surface area contributed by atoms with Crippen molar-refractivity contribution in [3.05, 3.63) is 35.5 Å². The third-order valence-corrected chi connectivity index (χ3v) is 2.97. The van der Waals surface area contributed by atoms with Crippen LogP contribution >= 0.6 is 0 Å². The summed E-state index contributed by atoms with van der Waals surface area (Å²) in [5, 5.41) is 12.5. The Morgan fingerprint density at radius 3 is 2.86 bits per heavy atom. The van der Waals surface area contributed by atoms with Gasteiger partial charge in [-0.3, -0.25) is 9.89 Å². The third kappa shape index (κ3) is 4.27. The van der Waals surface area contributed by atoms with Crippen LogP contribution in [0.4, 0.5) is 5.82 Å². The lowest BCUT2D eigenvalue weighted by molar-refractivity contribution is 0.0954. The summed E-state index contributed by atoms with van der Waals surface area (Å²) in [4.78, 5) is 20.6. The van der Waals surface area contributed by atoms with Crippen LogP contribution in [0.25, 0.3) is 0 Å². The van der Waals surface area contributed by atoms with Crippen molar-refractivity contribution in [1.29, 1.82) is 0 Å². The van der Waals surface area contributed by atoms with Gasteiger partial charge < -0.3 is 10.6 Å². The number of aromatic amines is 1. The van der Waals surface area contributed by atoms with E-state index >= 15 is 0 Å². The van der Waals surface area contributed by atoms with Gasteiger partial charge in [0.05, 0.1) is 0 Å². The average Bonchev–Trinajstić information content (AvgIpc) is 3.00. The Morgan fingerprint density at radius 1 is 1.33 bits per heavy atom. The zero-order chi connectivity index (χ0) is 15.1. The summed E-state index contributed by atoms with van der Waals surface area (Å²) in [6.45, 7) is 5.29. The Morgan fingerprint density at radius 2 is 2.19 bits per heavy atom. The fraction of sp³-hybridized carbons (Fsp3) is 0.429. The molecule has 7 nitrogen and oxygen atoms in total. The van der Waals surface area contributed by atoms with Crippen LogP contribution in [0.1, 0.15) is 35.7 Å². The van der Waals surface area contributed by atoms with Gasteiger partial charge in [-0.2, -0.15) is 5.10 Å². The van der Waals surface area contributed by atoms with E-state index in [4.69, 9.17) is 0 Å². The van der Waals surface area contributed by atoms with Crippen molar-refractivity contribution in [2.24, 2.45) is 0 Å². The zero-order valence-electron chi connectivity index (χ0n) is 12.3. The van der Waals surface area contributed by atoms with E-state index in [1.54, 1.807) is 6.07 Å². The maximum atomic E-state index is 12.2. The summed E-state index contributed by atoms with van der Waals surface area (Å²) in [5.74, 6) is 1.38. The molecular weight excluding hydrogens is 268 g/mol. The van der Waals surface area contributed by atoms with Gasteiger partial charge in [0, 0.05) is 30.8 Å². The number of nitrogens with zero attached hydrogens (tertiary/aromatic N) is 3. The minimum atomic E-state index is -0.106. The molecule has 0 aliphatic rings. The summed E-state index contributed by atoms with van der Waals surface area (Å²) < 4.78 is 0. The molecule has 2 heterocycles. The van der Waals surface area contributed by atoms with Gasteiger partial charge in [0.15, 0.2) is 0 Å². The van der Waals surface area contributed by atoms with E-state index in [1.165, 1.54) is 6.33 Å². The molecule has 0 fully saturated rings. The van der Waals surface area contributed by atoms with E-state index in [1.807, 2.05) is 19.9 Å². The number of anilines is 1. The first-order valence-corrected chi connectivity index (χ1v) is 7.10. The van der Waals surface area contributed by atoms with Crippen molar-refractivity contribution in [3.63, 3.8) is 0 Å². The van der Waals surface area contributed by atoms with E-state index in [-0.39, 0.29) is 5.91 Å². The molecular formula is C14H20N6O. The Bertz CT molecular complexity index is 581. The first kappa shape index (κ1) is 15.0. The second-order valence-electron chi connectivity index (χ2n) is 4.55. The quantitative estimate of drug-likeness (QED) is 0.710. The fourth-order valence-electron chi connectivity index (χ4n) is 1.92. The van der Waals surface area contributed by atoms with Gasteiger partial charge in [-0.15, -0.1) is 0 Å². The van der Waals surface area contributed by atoms with Crippen LogP contribution < -0.4 is 10.6 Å². The molecule has 0 atom stereocenters. The molecule has 0 aromatic carbocycles. The van der Waals surface area contributed by atoms with Gasteiger partial charge in [0.2, 0.25) is 0 Å². The van der Waals surface area contributed by atoms with Crippen molar-refractivity contribution < 1.29 is 4.79 Å². The average molecular weight is 288 g/mol. The minimum absolute atomic E-state index is 0.106. The van der Waals surface area contributed by atoms with Crippen LogP contribution in [0, 0.1) is 0 Å². The fourth-order valence-corrected chi connectivity index (χ4v) is 1.92. The minimum Gasteiger partial charge on any atom is -0.370 e. The molecule has 0 bridgehead atoms. The highest BCUT2D eigenvalue weighted by Gasteiger charge is 2.09. The number of hydrogen-bond donors (Lipinski definition) is 3. The molecule has 2 aromatic heterocycles. The predicted molar refractivity (Wildman–Crippen MR) is 80.2 cm³/mol. The van der Waals surface area contributed by atoms with Gasteiger partial charge in [0.1, 0.15) is 18.0 Å². The number of rotatable bonds is 7. The molecule has 0 saturated carbocycles. The molecule has 0 aliphatic carbocycles. The van der Waals surface area contributed by atoms with E-state index in [9.17, 15) is 4.79 Å². The van der Waals surface area contributed by atoms with Crippen LogP contribution in [0.2, 0.25) is 0 Å². The number of carbonyl (C=O) groups excluding carboxylic acids is 1. The van der Waals surface area contributed by atoms with E-state index in [0.29, 0.717) is 18.5 Å². The number of amides is 1. The maximum absolute atomic E-state index is 12.2. The van der Waals surface area contributed by atoms with Crippen LogP contribution in [-0.2, 0) is 12.8 Å². The number of hydrogen-bond acceptors (Lipinski definition) is 5. The van der Waals surface area contributed by atoms with E-state index in [0.717, 1.165) is 30.3 Å². The monoisotopic (exact) mass is 288 g/mol. The summed E-state index contributed by atoms with van der Waals surface area (Å²) in [7, 11) is 0. The standard InChI is InChI=1S/C14H20N6O/c1-3-11-7-10(8-13(19-11)15-4-2)14(21)16-6-5-12-17-9-18-20-12/h7-9H,3-6H2,1-2H3,(H,15,19)(H,16,21)(H,17,18,20). The molecule has 112 valence electrons. The van der Waals surface area contributed by atoms with Crippen molar-refractivity contribution in [2.75, 3.05) is 18.4 Å². The number of aryl methyl sites for hydroxylation is 1. The van der Waals surface area contributed by atoms with Gasteiger partial charge >= 0.3 is 0 Å². The lowest BCUT2D eigenvalue weighted by Gasteiger charge is -2.09. The number of pyridine rings is 1. The first-order chi connectivity index (χ1) is 10.2. The normalized spacial score (nSPS) is 10.4. The Labute approximate surface area is 123 Å². The maximum Gasteiger partial charge on any atom is 0.251 e. The molecule has 3 N–H and O–H groups in total. The summed E-state index contributed by atoms with van der Waals surface area (Å²) in [6.07, 6.45) is 2.87. The predicted octanol–water partition coefficient (Wildman–Crippen LogP) is 1.17. The highest BCUT2D eigenvalue weighted by molar-refractivity contribution is 5.95. The molecule has 2 aromatic rings. The summed E-state index contributed by atoms with van der Waals surface area (Å²) in [6, 6.07) is 3.59. The van der Waals surface area contributed by atoms with E-state index in [2.05, 4.69) is 30.8 Å². The van der Waals surface area contributed by atoms with Gasteiger partial charge in [0.25, 0.3) is 5.91 Å². The number of aromatic nitrogens is 4. The van der Waals surface area contributed by atoms with Gasteiger partial charge in [-0.1, -0.05) is 6.92 Å². The largest absolute Gasteiger partial charge is 0.370 e. The number of H-pyrrole nitrogens is 1. The molecule has 0 spiro atoms. The van der Waals surface area contributed by atoms with Crippen LogP contribution in [0.5, 0.6) is 0 Å². The SMILES string of the molecule is CCNc1cc(C(=O)NCCc2ncn[nH]2)cc(CC)n1. The van der Waals surface area contributed by atoms with Crippen molar-refractivity contribution in [2.45, 2.75) is 26.7 Å². The number of carbonyl (C=O) groups is 1. The molecule has 0 unspecified atom stereocenters. The van der Waals surface area contributed by atoms with Crippen molar-refractivity contribution in [3.8, 4) is 0 Å². The Kier molecular flexibility index (Phi) is 5.25. The zero-order valence-corrected chi connectivity index (χ0v) is 12.3. The van der Waals surface area contributed by atoms with Crippen LogP contribution in [-0.4, -0.2) is 39.2 Å². The topological polar surface area (TPSA) is 95.6 Å². The third-order valence-electron chi connectivity index (χ3n) is 2.97. The van der Waals surface area contributed by atoms with Crippen molar-refractivity contribution in [1.82, 2.24) is 25.5 Å². The smallest absolute Gasteiger partial charge is 0.251 e. The molecule has 2 rings (SSSR count). The molecule has 0 aliphatic heterocycles. The first-order valence-electron chi connectivity index (χ1n) is 7.10. The second kappa shape index (κ2) is 7.37. The lowest BCUT2D eigenvalue weighted by atomic mass is 10.1. The molecule has 0 saturated heterocycles. The highest BCUT2D eigenvalue weighted by Crippen LogP contribution is 2.11. The Balaban J connectivity index is 1.98. The molecule has 7 heteroatoms. The highest BCUT2D eigenvalue weighted by atomic mass is 16.1. The lowest BCUT2D eigenvalue weighted by Crippen LogP contribution is -2.26. The van der Waals surface area contributed by atoms with Crippen LogP contribution in [0.15, 0.2) is 18.5 Å². The summed E-state index contributed by atoms with van der Waals surface area (Å²) >= 11 is 0. The summed E-state index contributed by atoms with van der Waals surface area (Å²) in [5.41, 5.74) is 1.52.